The summed E-state index contributed by atoms with van der Waals surface area (Å²) in [4.78, 5) is 12.0. The zero-order valence-electron chi connectivity index (χ0n) is 14.4. The van der Waals surface area contributed by atoms with Gasteiger partial charge < -0.3 is 14.0 Å². The maximum Gasteiger partial charge on any atom is 0.245 e. The zero-order valence-corrected chi connectivity index (χ0v) is 14.4. The highest BCUT2D eigenvalue weighted by Crippen LogP contribution is 2.24. The summed E-state index contributed by atoms with van der Waals surface area (Å²) in [5.41, 5.74) is 5.53. The van der Waals surface area contributed by atoms with Crippen molar-refractivity contribution in [2.24, 2.45) is 5.10 Å². The molecule has 3 rings (SSSR count). The van der Waals surface area contributed by atoms with Crippen molar-refractivity contribution in [2.75, 3.05) is 13.2 Å². The molecule has 6 nitrogen and oxygen atoms in total. The van der Waals surface area contributed by atoms with Crippen LogP contribution >= 0.6 is 0 Å². The van der Waals surface area contributed by atoms with Gasteiger partial charge in [-0.25, -0.2) is 5.43 Å². The highest BCUT2D eigenvalue weighted by Gasteiger charge is 2.33. The summed E-state index contributed by atoms with van der Waals surface area (Å²) >= 11 is 0. The molecule has 0 atom stereocenters. The molecule has 1 amide bonds. The number of ether oxygens (including phenoxy) is 2. The van der Waals surface area contributed by atoms with Gasteiger partial charge in [0.1, 0.15) is 0 Å². The number of carbonyl (C=O) groups is 1. The third-order valence-corrected chi connectivity index (χ3v) is 4.29. The van der Waals surface area contributed by atoms with Crippen LogP contribution in [-0.4, -0.2) is 35.7 Å². The number of nitrogens with zero attached hydrogens (tertiary/aromatic N) is 2. The van der Waals surface area contributed by atoms with Crippen molar-refractivity contribution in [3.05, 3.63) is 35.5 Å². The Hall–Kier alpha value is -2.62. The van der Waals surface area contributed by atoms with Crippen LogP contribution < -0.4 is 5.43 Å². The number of hydrogen-bond donors (Lipinski definition) is 1. The number of nitrogens with one attached hydrogen (secondary N) is 1. The van der Waals surface area contributed by atoms with E-state index in [2.05, 4.69) is 21.0 Å². The van der Waals surface area contributed by atoms with Gasteiger partial charge in [-0.2, -0.15) is 5.10 Å². The molecule has 2 heterocycles. The molecule has 6 heteroatoms. The van der Waals surface area contributed by atoms with E-state index in [-0.39, 0.29) is 12.3 Å². The first-order chi connectivity index (χ1) is 12.0. The summed E-state index contributed by atoms with van der Waals surface area (Å²) < 4.78 is 12.9. The quantitative estimate of drug-likeness (QED) is 0.516. The molecule has 1 aliphatic heterocycles. The van der Waals surface area contributed by atoms with Gasteiger partial charge in [-0.1, -0.05) is 24.1 Å². The summed E-state index contributed by atoms with van der Waals surface area (Å²) in [6, 6.07) is 7.97. The van der Waals surface area contributed by atoms with Crippen molar-refractivity contribution in [3.63, 3.8) is 0 Å². The summed E-state index contributed by atoms with van der Waals surface area (Å²) in [6.45, 7) is 5.23. The van der Waals surface area contributed by atoms with Gasteiger partial charge in [0.2, 0.25) is 5.91 Å². The van der Waals surface area contributed by atoms with E-state index in [1.807, 2.05) is 31.2 Å². The van der Waals surface area contributed by atoms with E-state index in [1.165, 1.54) is 0 Å². The van der Waals surface area contributed by atoms with Crippen LogP contribution in [0, 0.1) is 19.3 Å². The molecule has 0 aliphatic carbocycles. The number of rotatable bonds is 5. The van der Waals surface area contributed by atoms with E-state index < -0.39 is 5.79 Å². The minimum absolute atomic E-state index is 0.0994. The Kier molecular flexibility index (Phi) is 4.88. The minimum Gasteiger partial charge on any atom is -0.347 e. The van der Waals surface area contributed by atoms with E-state index >= 15 is 0 Å². The fourth-order valence-electron chi connectivity index (χ4n) is 3.07. The van der Waals surface area contributed by atoms with Crippen molar-refractivity contribution >= 4 is 23.0 Å². The van der Waals surface area contributed by atoms with E-state index in [9.17, 15) is 4.79 Å². The largest absolute Gasteiger partial charge is 0.347 e. The van der Waals surface area contributed by atoms with Crippen LogP contribution in [0.3, 0.4) is 0 Å². The Morgan fingerprint density at radius 3 is 2.88 bits per heavy atom. The molecular formula is C19H21N3O3. The van der Waals surface area contributed by atoms with Crippen LogP contribution in [0.5, 0.6) is 0 Å². The molecule has 1 saturated heterocycles. The van der Waals surface area contributed by atoms with E-state index in [4.69, 9.17) is 15.9 Å². The van der Waals surface area contributed by atoms with Crippen LogP contribution in [0.25, 0.3) is 10.9 Å². The van der Waals surface area contributed by atoms with Crippen LogP contribution in [0.1, 0.15) is 24.6 Å². The number of benzene rings is 1. The van der Waals surface area contributed by atoms with Crippen LogP contribution in [0.4, 0.5) is 0 Å². The van der Waals surface area contributed by atoms with E-state index in [1.54, 1.807) is 13.1 Å². The predicted octanol–water partition coefficient (Wildman–Crippen LogP) is 2.19. The molecule has 1 aromatic carbocycles. The molecule has 2 aromatic rings. The van der Waals surface area contributed by atoms with Gasteiger partial charge in [0, 0.05) is 22.2 Å². The van der Waals surface area contributed by atoms with Gasteiger partial charge in [0.15, 0.2) is 5.79 Å². The summed E-state index contributed by atoms with van der Waals surface area (Å²) in [6.07, 6.45) is 7.23. The van der Waals surface area contributed by atoms with E-state index in [0.717, 1.165) is 22.2 Å². The Labute approximate surface area is 146 Å². The van der Waals surface area contributed by atoms with Gasteiger partial charge in [-0.15, -0.1) is 6.42 Å². The molecule has 0 unspecified atom stereocenters. The maximum absolute atomic E-state index is 12.0. The maximum atomic E-state index is 12.0. The van der Waals surface area contributed by atoms with Crippen molar-refractivity contribution < 1.29 is 14.3 Å². The number of fused-ring (bicyclic) bond motifs is 1. The Morgan fingerprint density at radius 1 is 1.44 bits per heavy atom. The standard InChI is InChI=1S/C19H21N3O3/c1-4-9-22-14(2)16(15-7-5-6-8-17(15)22)13-20-21-18(23)12-19(3)24-10-11-25-19/h1,5-8,13H,9-12H2,2-3H3,(H,21,23)/b20-13-. The van der Waals surface area contributed by atoms with Gasteiger partial charge in [0.05, 0.1) is 32.4 Å². The SMILES string of the molecule is C#CCn1c(C)c(/C=N\NC(=O)CC2(C)OCCO2)c2ccccc21. The number of amides is 1. The lowest BCUT2D eigenvalue weighted by Crippen LogP contribution is -2.33. The number of hydrazone groups is 1. The van der Waals surface area contributed by atoms with Crippen LogP contribution in [-0.2, 0) is 20.8 Å². The summed E-state index contributed by atoms with van der Waals surface area (Å²) in [7, 11) is 0. The van der Waals surface area contributed by atoms with Crippen molar-refractivity contribution in [1.29, 1.82) is 0 Å². The van der Waals surface area contributed by atoms with Crippen LogP contribution in [0.15, 0.2) is 29.4 Å². The molecule has 0 saturated carbocycles. The van der Waals surface area contributed by atoms with Gasteiger partial charge in [0.25, 0.3) is 0 Å². The predicted molar refractivity (Wildman–Crippen MR) is 96.2 cm³/mol. The lowest BCUT2D eigenvalue weighted by Gasteiger charge is -2.20. The zero-order chi connectivity index (χ0) is 17.9. The van der Waals surface area contributed by atoms with Crippen molar-refractivity contribution in [3.8, 4) is 12.3 Å². The number of hydrogen-bond acceptors (Lipinski definition) is 4. The topological polar surface area (TPSA) is 64.9 Å². The van der Waals surface area contributed by atoms with Crippen molar-refractivity contribution in [2.45, 2.75) is 32.6 Å². The van der Waals surface area contributed by atoms with Crippen LogP contribution in [0.2, 0.25) is 0 Å². The highest BCUT2D eigenvalue weighted by molar-refractivity contribution is 6.01. The second-order valence-corrected chi connectivity index (χ2v) is 6.11. The molecule has 0 spiro atoms. The smallest absolute Gasteiger partial charge is 0.245 e. The first-order valence-corrected chi connectivity index (χ1v) is 8.15. The third kappa shape index (κ3) is 3.58. The molecule has 1 fully saturated rings. The first kappa shape index (κ1) is 17.2. The molecule has 1 N–H and O–H groups in total. The molecule has 1 aromatic heterocycles. The van der Waals surface area contributed by atoms with Gasteiger partial charge in [-0.3, -0.25) is 4.79 Å². The normalized spacial score (nSPS) is 16.4. The summed E-state index contributed by atoms with van der Waals surface area (Å²) in [5.74, 6) is 1.55. The fourth-order valence-corrected chi connectivity index (χ4v) is 3.07. The number of para-hydroxylation sites is 1. The molecule has 0 bridgehead atoms. The highest BCUT2D eigenvalue weighted by atomic mass is 16.7. The molecular weight excluding hydrogens is 318 g/mol. The molecule has 1 aliphatic rings. The lowest BCUT2D eigenvalue weighted by atomic mass is 10.1. The fraction of sp³-hybridized carbons (Fsp3) is 0.368. The summed E-state index contributed by atoms with van der Waals surface area (Å²) in [5, 5.41) is 5.14. The second kappa shape index (κ2) is 7.09. The van der Waals surface area contributed by atoms with E-state index in [0.29, 0.717) is 19.8 Å². The molecule has 130 valence electrons. The average Bonchev–Trinajstić information content (AvgIpc) is 3.12. The number of carbonyl (C=O) groups excluding carboxylic acids is 1. The third-order valence-electron chi connectivity index (χ3n) is 4.29. The van der Waals surface area contributed by atoms with Gasteiger partial charge in [-0.05, 0) is 19.9 Å². The molecule has 25 heavy (non-hydrogen) atoms. The van der Waals surface area contributed by atoms with Crippen molar-refractivity contribution in [1.82, 2.24) is 9.99 Å². The monoisotopic (exact) mass is 339 g/mol. The number of aromatic nitrogens is 1. The minimum atomic E-state index is -0.863. The van der Waals surface area contributed by atoms with Gasteiger partial charge >= 0.3 is 0 Å². The Balaban J connectivity index is 1.76. The first-order valence-electron chi connectivity index (χ1n) is 8.15. The lowest BCUT2D eigenvalue weighted by molar-refractivity contribution is -0.159. The average molecular weight is 339 g/mol. The Morgan fingerprint density at radius 2 is 2.16 bits per heavy atom. The molecule has 0 radical (unpaired) electrons. The Bertz CT molecular complexity index is 855. The second-order valence-electron chi connectivity index (χ2n) is 6.11. The number of terminal acetylenes is 1.